The maximum Gasteiger partial charge on any atom is 0.206 e. The van der Waals surface area contributed by atoms with Gasteiger partial charge < -0.3 is 0 Å². The predicted octanol–water partition coefficient (Wildman–Crippen LogP) is 3.08. The lowest BCUT2D eigenvalue weighted by molar-refractivity contribution is 0.603. The molecule has 1 aromatic rings. The molecule has 0 N–H and O–H groups in total. The summed E-state index contributed by atoms with van der Waals surface area (Å²) in [6.07, 6.45) is 8.25. The van der Waals surface area contributed by atoms with Gasteiger partial charge in [0.15, 0.2) is 0 Å². The van der Waals surface area contributed by atoms with Crippen molar-refractivity contribution in [1.29, 1.82) is 0 Å². The van der Waals surface area contributed by atoms with Crippen LogP contribution in [0.4, 0.5) is 0 Å². The van der Waals surface area contributed by atoms with Crippen LogP contribution in [0.2, 0.25) is 0 Å². The summed E-state index contributed by atoms with van der Waals surface area (Å²) in [6.45, 7) is 0. The van der Waals surface area contributed by atoms with E-state index in [1.165, 1.54) is 0 Å². The van der Waals surface area contributed by atoms with E-state index in [-0.39, 0.29) is 0 Å². The van der Waals surface area contributed by atoms with Crippen molar-refractivity contribution in [3.8, 4) is 0 Å². The molecule has 0 heterocycles. The third kappa shape index (κ3) is 2.25. The van der Waals surface area contributed by atoms with Crippen LogP contribution in [0.15, 0.2) is 58.4 Å². The monoisotopic (exact) mass is 234 g/mol. The molecule has 0 saturated heterocycles. The highest BCUT2D eigenvalue weighted by Crippen LogP contribution is 2.22. The van der Waals surface area contributed by atoms with Crippen LogP contribution in [-0.4, -0.2) is 8.42 Å². The highest BCUT2D eigenvalue weighted by molar-refractivity contribution is 7.95. The zero-order chi connectivity index (χ0) is 11.4. The molecule has 16 heavy (non-hydrogen) atoms. The van der Waals surface area contributed by atoms with Crippen molar-refractivity contribution < 1.29 is 8.42 Å². The SMILES string of the molecule is O=S(=O)(C1=CCCCC=C1)c1ccccc1. The van der Waals surface area contributed by atoms with Crippen molar-refractivity contribution in [2.75, 3.05) is 0 Å². The standard InChI is InChI=1S/C13H14O2S/c14-16(15,13-10-6-3-7-11-13)12-8-4-1-2-5-9-12/h3-4,6-11H,1-2,5H2. The van der Waals surface area contributed by atoms with E-state index in [1.54, 1.807) is 30.3 Å². The summed E-state index contributed by atoms with van der Waals surface area (Å²) in [5.74, 6) is 0. The van der Waals surface area contributed by atoms with Gasteiger partial charge in [0.05, 0.1) is 9.80 Å². The highest BCUT2D eigenvalue weighted by Gasteiger charge is 2.18. The molecule has 0 bridgehead atoms. The molecule has 0 amide bonds. The van der Waals surface area contributed by atoms with E-state index >= 15 is 0 Å². The van der Waals surface area contributed by atoms with E-state index < -0.39 is 9.84 Å². The van der Waals surface area contributed by atoms with Crippen LogP contribution in [0.3, 0.4) is 0 Å². The maximum atomic E-state index is 12.2. The van der Waals surface area contributed by atoms with Gasteiger partial charge in [-0.05, 0) is 37.5 Å². The second-order valence-electron chi connectivity index (χ2n) is 3.76. The number of rotatable bonds is 2. The molecule has 0 spiro atoms. The van der Waals surface area contributed by atoms with E-state index in [9.17, 15) is 8.42 Å². The minimum Gasteiger partial charge on any atom is -0.219 e. The van der Waals surface area contributed by atoms with Crippen molar-refractivity contribution in [3.63, 3.8) is 0 Å². The second-order valence-corrected chi connectivity index (χ2v) is 5.71. The number of sulfone groups is 1. The smallest absolute Gasteiger partial charge is 0.206 e. The summed E-state index contributed by atoms with van der Waals surface area (Å²) in [7, 11) is -3.31. The van der Waals surface area contributed by atoms with Crippen molar-refractivity contribution in [3.05, 3.63) is 53.5 Å². The Morgan fingerprint density at radius 3 is 2.50 bits per heavy atom. The Morgan fingerprint density at radius 2 is 1.75 bits per heavy atom. The summed E-state index contributed by atoms with van der Waals surface area (Å²) >= 11 is 0. The molecule has 1 aliphatic carbocycles. The summed E-state index contributed by atoms with van der Waals surface area (Å²) in [6, 6.07) is 8.57. The quantitative estimate of drug-likeness (QED) is 0.788. The van der Waals surface area contributed by atoms with Gasteiger partial charge in [-0.1, -0.05) is 30.4 Å². The van der Waals surface area contributed by atoms with Crippen LogP contribution in [0.25, 0.3) is 0 Å². The fourth-order valence-corrected chi connectivity index (χ4v) is 3.08. The molecule has 0 atom stereocenters. The van der Waals surface area contributed by atoms with Gasteiger partial charge >= 0.3 is 0 Å². The fraction of sp³-hybridized carbons (Fsp3) is 0.231. The topological polar surface area (TPSA) is 34.1 Å². The van der Waals surface area contributed by atoms with E-state index in [2.05, 4.69) is 0 Å². The molecule has 2 nitrogen and oxygen atoms in total. The van der Waals surface area contributed by atoms with E-state index in [4.69, 9.17) is 0 Å². The first-order valence-corrected chi connectivity index (χ1v) is 6.86. The molecule has 0 fully saturated rings. The summed E-state index contributed by atoms with van der Waals surface area (Å²) in [4.78, 5) is 0.795. The van der Waals surface area contributed by atoms with Crippen LogP contribution < -0.4 is 0 Å². The fourth-order valence-electron chi connectivity index (χ4n) is 1.68. The number of allylic oxidation sites excluding steroid dienone is 3. The Labute approximate surface area is 96.2 Å². The van der Waals surface area contributed by atoms with Gasteiger partial charge in [-0.3, -0.25) is 0 Å². The van der Waals surface area contributed by atoms with Gasteiger partial charge in [0.25, 0.3) is 0 Å². The van der Waals surface area contributed by atoms with E-state index in [0.717, 1.165) is 19.3 Å². The summed E-state index contributed by atoms with van der Waals surface area (Å²) in [5.41, 5.74) is 0. The zero-order valence-electron chi connectivity index (χ0n) is 8.96. The van der Waals surface area contributed by atoms with Crippen LogP contribution >= 0.6 is 0 Å². The molecule has 0 aromatic heterocycles. The Kier molecular flexibility index (Phi) is 3.25. The predicted molar refractivity (Wildman–Crippen MR) is 64.7 cm³/mol. The minimum absolute atomic E-state index is 0.368. The normalized spacial score (nSPS) is 16.6. The molecule has 84 valence electrons. The minimum atomic E-state index is -3.31. The lowest BCUT2D eigenvalue weighted by Gasteiger charge is -2.04. The second kappa shape index (κ2) is 4.66. The first-order valence-electron chi connectivity index (χ1n) is 5.38. The number of hydrogen-bond acceptors (Lipinski definition) is 2. The Hall–Kier alpha value is -1.35. The van der Waals surface area contributed by atoms with Crippen molar-refractivity contribution in [2.24, 2.45) is 0 Å². The molecule has 1 aromatic carbocycles. The number of hydrogen-bond donors (Lipinski definition) is 0. The molecule has 0 unspecified atom stereocenters. The largest absolute Gasteiger partial charge is 0.219 e. The first kappa shape index (κ1) is 11.1. The van der Waals surface area contributed by atoms with Gasteiger partial charge in [-0.25, -0.2) is 8.42 Å². The molecular formula is C13H14O2S. The molecule has 0 radical (unpaired) electrons. The molecule has 0 saturated carbocycles. The molecule has 2 rings (SSSR count). The van der Waals surface area contributed by atoms with E-state index in [1.807, 2.05) is 18.2 Å². The first-order chi connectivity index (χ1) is 7.71. The van der Waals surface area contributed by atoms with Crippen LogP contribution in [-0.2, 0) is 9.84 Å². The lowest BCUT2D eigenvalue weighted by Crippen LogP contribution is -2.02. The molecule has 1 aliphatic rings. The van der Waals surface area contributed by atoms with Crippen LogP contribution in [0.1, 0.15) is 19.3 Å². The van der Waals surface area contributed by atoms with E-state index in [0.29, 0.717) is 9.80 Å². The van der Waals surface area contributed by atoms with Gasteiger partial charge in [-0.15, -0.1) is 0 Å². The average Bonchev–Trinajstić information content (AvgIpc) is 2.59. The average molecular weight is 234 g/mol. The van der Waals surface area contributed by atoms with Crippen molar-refractivity contribution in [1.82, 2.24) is 0 Å². The third-order valence-corrected chi connectivity index (χ3v) is 4.38. The van der Waals surface area contributed by atoms with Crippen molar-refractivity contribution in [2.45, 2.75) is 24.2 Å². The van der Waals surface area contributed by atoms with Gasteiger partial charge in [0.2, 0.25) is 9.84 Å². The van der Waals surface area contributed by atoms with Gasteiger partial charge in [0, 0.05) is 0 Å². The Bertz CT molecular complexity index is 510. The van der Waals surface area contributed by atoms with Crippen molar-refractivity contribution >= 4 is 9.84 Å². The zero-order valence-corrected chi connectivity index (χ0v) is 9.78. The maximum absolute atomic E-state index is 12.2. The van der Waals surface area contributed by atoms with Crippen LogP contribution in [0.5, 0.6) is 0 Å². The lowest BCUT2D eigenvalue weighted by atomic mass is 10.2. The molecular weight excluding hydrogens is 220 g/mol. The van der Waals surface area contributed by atoms with Crippen LogP contribution in [0, 0.1) is 0 Å². The third-order valence-electron chi connectivity index (χ3n) is 2.57. The molecule has 3 heteroatoms. The molecule has 0 aliphatic heterocycles. The summed E-state index contributed by atoms with van der Waals surface area (Å²) < 4.78 is 24.4. The Balaban J connectivity index is 2.43. The van der Waals surface area contributed by atoms with Gasteiger partial charge in [-0.2, -0.15) is 0 Å². The highest BCUT2D eigenvalue weighted by atomic mass is 32.2. The summed E-state index contributed by atoms with van der Waals surface area (Å²) in [5, 5.41) is 0. The van der Waals surface area contributed by atoms with Gasteiger partial charge in [0.1, 0.15) is 0 Å². The Morgan fingerprint density at radius 1 is 1.00 bits per heavy atom. The number of benzene rings is 1.